The van der Waals surface area contributed by atoms with E-state index in [-0.39, 0.29) is 11.9 Å². The molecule has 0 aliphatic rings. The maximum absolute atomic E-state index is 11.8. The van der Waals surface area contributed by atoms with Crippen molar-refractivity contribution in [3.8, 4) is 5.69 Å². The first-order valence-electron chi connectivity index (χ1n) is 8.32. The van der Waals surface area contributed by atoms with E-state index in [9.17, 15) is 9.59 Å². The molecule has 0 bridgehead atoms. The van der Waals surface area contributed by atoms with Crippen LogP contribution in [0.2, 0.25) is 0 Å². The standard InChI is InChI=1S/C19H23N3O3/c1-25-19(24)10-6-3-7-13-20-18(23)12-11-16-14-21-22(15-16)17-8-4-2-5-9-17/h2,4-5,8-9,11-12,14-15H,3,6-7,10,13H2,1H3,(H,20,23)/b12-11+. The Hall–Kier alpha value is -2.89. The summed E-state index contributed by atoms with van der Waals surface area (Å²) in [5.74, 6) is -0.330. The van der Waals surface area contributed by atoms with E-state index in [2.05, 4.69) is 15.2 Å². The van der Waals surface area contributed by atoms with Crippen molar-refractivity contribution in [3.05, 3.63) is 54.4 Å². The van der Waals surface area contributed by atoms with Crippen LogP contribution >= 0.6 is 0 Å². The van der Waals surface area contributed by atoms with E-state index in [1.807, 2.05) is 36.5 Å². The minimum absolute atomic E-state index is 0.138. The average molecular weight is 341 g/mol. The van der Waals surface area contributed by atoms with E-state index in [1.54, 1.807) is 17.0 Å². The minimum atomic E-state index is -0.192. The van der Waals surface area contributed by atoms with Gasteiger partial charge in [-0.25, -0.2) is 4.68 Å². The van der Waals surface area contributed by atoms with Crippen molar-refractivity contribution in [2.75, 3.05) is 13.7 Å². The lowest BCUT2D eigenvalue weighted by Gasteiger charge is -2.02. The second kappa shape index (κ2) is 10.1. The third kappa shape index (κ3) is 6.63. The number of para-hydroxylation sites is 1. The summed E-state index contributed by atoms with van der Waals surface area (Å²) in [6.07, 6.45) is 9.73. The molecule has 1 N–H and O–H groups in total. The Balaban J connectivity index is 1.68. The summed E-state index contributed by atoms with van der Waals surface area (Å²) in [6.45, 7) is 0.591. The molecule has 2 aromatic rings. The summed E-state index contributed by atoms with van der Waals surface area (Å²) in [5.41, 5.74) is 1.83. The normalized spacial score (nSPS) is 10.8. The van der Waals surface area contributed by atoms with Crippen molar-refractivity contribution < 1.29 is 14.3 Å². The maximum Gasteiger partial charge on any atom is 0.305 e. The van der Waals surface area contributed by atoms with Crippen molar-refractivity contribution in [1.29, 1.82) is 0 Å². The zero-order valence-corrected chi connectivity index (χ0v) is 14.4. The molecule has 1 aromatic carbocycles. The van der Waals surface area contributed by atoms with Gasteiger partial charge in [-0.15, -0.1) is 0 Å². The third-order valence-corrected chi connectivity index (χ3v) is 3.64. The van der Waals surface area contributed by atoms with Crippen LogP contribution in [0.15, 0.2) is 48.8 Å². The van der Waals surface area contributed by atoms with E-state index >= 15 is 0 Å². The Bertz CT molecular complexity index is 708. The van der Waals surface area contributed by atoms with Crippen LogP contribution in [0.1, 0.15) is 31.2 Å². The summed E-state index contributed by atoms with van der Waals surface area (Å²) >= 11 is 0. The van der Waals surface area contributed by atoms with Gasteiger partial charge in [0.25, 0.3) is 0 Å². The topological polar surface area (TPSA) is 73.2 Å². The second-order valence-electron chi connectivity index (χ2n) is 5.56. The van der Waals surface area contributed by atoms with E-state index < -0.39 is 0 Å². The number of nitrogens with zero attached hydrogens (tertiary/aromatic N) is 2. The van der Waals surface area contributed by atoms with Gasteiger partial charge >= 0.3 is 5.97 Å². The smallest absolute Gasteiger partial charge is 0.305 e. The number of unbranched alkanes of at least 4 members (excludes halogenated alkanes) is 2. The fourth-order valence-corrected chi connectivity index (χ4v) is 2.26. The number of nitrogens with one attached hydrogen (secondary N) is 1. The molecule has 0 saturated heterocycles. The van der Waals surface area contributed by atoms with Gasteiger partial charge in [0, 0.05) is 30.8 Å². The molecule has 0 saturated carbocycles. The molecular weight excluding hydrogens is 318 g/mol. The molecule has 0 spiro atoms. The van der Waals surface area contributed by atoms with E-state index in [1.165, 1.54) is 13.2 Å². The SMILES string of the molecule is COC(=O)CCCCCNC(=O)/C=C/c1cnn(-c2ccccc2)c1. The molecule has 0 unspecified atom stereocenters. The number of benzene rings is 1. The summed E-state index contributed by atoms with van der Waals surface area (Å²) in [7, 11) is 1.39. The highest BCUT2D eigenvalue weighted by atomic mass is 16.5. The van der Waals surface area contributed by atoms with Crippen LogP contribution in [0.5, 0.6) is 0 Å². The molecule has 0 aliphatic heterocycles. The number of hydrogen-bond acceptors (Lipinski definition) is 4. The van der Waals surface area contributed by atoms with Gasteiger partial charge in [-0.2, -0.15) is 5.10 Å². The fourth-order valence-electron chi connectivity index (χ4n) is 2.26. The van der Waals surface area contributed by atoms with Crippen LogP contribution in [0.25, 0.3) is 11.8 Å². The quantitative estimate of drug-likeness (QED) is 0.432. The van der Waals surface area contributed by atoms with Gasteiger partial charge in [-0.05, 0) is 31.1 Å². The molecule has 1 aromatic heterocycles. The zero-order chi connectivity index (χ0) is 17.9. The first kappa shape index (κ1) is 18.4. The maximum atomic E-state index is 11.8. The summed E-state index contributed by atoms with van der Waals surface area (Å²) in [6, 6.07) is 9.78. The van der Waals surface area contributed by atoms with Crippen molar-refractivity contribution in [2.24, 2.45) is 0 Å². The zero-order valence-electron chi connectivity index (χ0n) is 14.4. The largest absolute Gasteiger partial charge is 0.469 e. The van der Waals surface area contributed by atoms with Crippen molar-refractivity contribution in [3.63, 3.8) is 0 Å². The lowest BCUT2D eigenvalue weighted by molar-refractivity contribution is -0.140. The molecule has 0 radical (unpaired) electrons. The van der Waals surface area contributed by atoms with Gasteiger partial charge in [0.2, 0.25) is 5.91 Å². The summed E-state index contributed by atoms with van der Waals surface area (Å²) in [5, 5.41) is 7.10. The highest BCUT2D eigenvalue weighted by Gasteiger charge is 2.01. The van der Waals surface area contributed by atoms with Crippen molar-refractivity contribution in [1.82, 2.24) is 15.1 Å². The van der Waals surface area contributed by atoms with Gasteiger partial charge in [-0.1, -0.05) is 24.6 Å². The number of carbonyl (C=O) groups is 2. The average Bonchev–Trinajstić information content (AvgIpc) is 3.12. The monoisotopic (exact) mass is 341 g/mol. The number of hydrogen-bond donors (Lipinski definition) is 1. The Morgan fingerprint density at radius 2 is 2.00 bits per heavy atom. The molecule has 0 atom stereocenters. The Morgan fingerprint density at radius 3 is 2.76 bits per heavy atom. The summed E-state index contributed by atoms with van der Waals surface area (Å²) in [4.78, 5) is 22.7. The number of carbonyl (C=O) groups excluding carboxylic acids is 2. The van der Waals surface area contributed by atoms with E-state index in [0.717, 1.165) is 30.5 Å². The highest BCUT2D eigenvalue weighted by molar-refractivity contribution is 5.91. The van der Waals surface area contributed by atoms with Gasteiger partial charge in [0.05, 0.1) is 19.0 Å². The lowest BCUT2D eigenvalue weighted by atomic mass is 10.2. The van der Waals surface area contributed by atoms with E-state index in [0.29, 0.717) is 13.0 Å². The van der Waals surface area contributed by atoms with Crippen LogP contribution < -0.4 is 5.32 Å². The van der Waals surface area contributed by atoms with Crippen LogP contribution in [0, 0.1) is 0 Å². The fraction of sp³-hybridized carbons (Fsp3) is 0.316. The Kier molecular flexibility index (Phi) is 7.43. The first-order valence-corrected chi connectivity index (χ1v) is 8.32. The molecule has 2 rings (SSSR count). The number of esters is 1. The van der Waals surface area contributed by atoms with Crippen LogP contribution in [0.4, 0.5) is 0 Å². The molecule has 1 heterocycles. The van der Waals surface area contributed by atoms with Gasteiger partial charge < -0.3 is 10.1 Å². The predicted octanol–water partition coefficient (Wildman–Crippen LogP) is 2.74. The Labute approximate surface area is 147 Å². The second-order valence-corrected chi connectivity index (χ2v) is 5.56. The molecule has 25 heavy (non-hydrogen) atoms. The number of amides is 1. The lowest BCUT2D eigenvalue weighted by Crippen LogP contribution is -2.22. The van der Waals surface area contributed by atoms with Gasteiger partial charge in [0.15, 0.2) is 0 Å². The molecule has 132 valence electrons. The van der Waals surface area contributed by atoms with E-state index in [4.69, 9.17) is 0 Å². The van der Waals surface area contributed by atoms with Gasteiger partial charge in [-0.3, -0.25) is 9.59 Å². The number of aromatic nitrogens is 2. The number of rotatable bonds is 9. The van der Waals surface area contributed by atoms with Crippen LogP contribution in [-0.4, -0.2) is 35.3 Å². The minimum Gasteiger partial charge on any atom is -0.469 e. The van der Waals surface area contributed by atoms with Crippen molar-refractivity contribution in [2.45, 2.75) is 25.7 Å². The van der Waals surface area contributed by atoms with Gasteiger partial charge in [0.1, 0.15) is 0 Å². The Morgan fingerprint density at radius 1 is 1.20 bits per heavy atom. The molecule has 1 amide bonds. The highest BCUT2D eigenvalue weighted by Crippen LogP contribution is 2.08. The molecule has 0 fully saturated rings. The third-order valence-electron chi connectivity index (χ3n) is 3.64. The molecule has 6 heteroatoms. The van der Waals surface area contributed by atoms with Crippen molar-refractivity contribution >= 4 is 18.0 Å². The number of methoxy groups -OCH3 is 1. The predicted molar refractivity (Wildman–Crippen MR) is 96.1 cm³/mol. The molecule has 6 nitrogen and oxygen atoms in total. The first-order chi connectivity index (χ1) is 12.2. The van der Waals surface area contributed by atoms with Crippen LogP contribution in [0.3, 0.4) is 0 Å². The molecule has 0 aliphatic carbocycles. The molecular formula is C19H23N3O3. The number of ether oxygens (including phenoxy) is 1. The van der Waals surface area contributed by atoms with Crippen LogP contribution in [-0.2, 0) is 14.3 Å². The summed E-state index contributed by atoms with van der Waals surface area (Å²) < 4.78 is 6.34.